The normalized spacial score (nSPS) is 17.6. The van der Waals surface area contributed by atoms with E-state index in [1.165, 1.54) is 12.3 Å². The molecular formula is C25H24ClN9O3. The summed E-state index contributed by atoms with van der Waals surface area (Å²) in [5, 5.41) is 16.8. The molecule has 1 aliphatic heterocycles. The largest absolute Gasteiger partial charge is 0.349 e. The average Bonchev–Trinajstić information content (AvgIpc) is 3.58. The maximum atomic E-state index is 12.7. The molecule has 3 N–H and O–H groups in total. The summed E-state index contributed by atoms with van der Waals surface area (Å²) in [6.45, 7) is 4.96. The second-order valence-corrected chi connectivity index (χ2v) is 9.31. The molecule has 12 nitrogen and oxygen atoms in total. The maximum Gasteiger partial charge on any atom is 0.275 e. The van der Waals surface area contributed by atoms with Crippen LogP contribution < -0.4 is 10.6 Å². The van der Waals surface area contributed by atoms with Crippen LogP contribution in [-0.4, -0.2) is 73.2 Å². The summed E-state index contributed by atoms with van der Waals surface area (Å²) in [5.41, 5.74) is 1.85. The average molecular weight is 534 g/mol. The number of carbonyl (C=O) groups excluding carboxylic acids is 2. The molecule has 194 valence electrons. The van der Waals surface area contributed by atoms with Crippen molar-refractivity contribution in [3.05, 3.63) is 72.0 Å². The van der Waals surface area contributed by atoms with Gasteiger partial charge in [0, 0.05) is 30.9 Å². The zero-order valence-corrected chi connectivity index (χ0v) is 21.1. The van der Waals surface area contributed by atoms with Crippen molar-refractivity contribution in [3.63, 3.8) is 0 Å². The van der Waals surface area contributed by atoms with Crippen LogP contribution in [0, 0.1) is 0 Å². The molecule has 0 radical (unpaired) electrons. The van der Waals surface area contributed by atoms with Crippen molar-refractivity contribution in [1.82, 2.24) is 40.5 Å². The third kappa shape index (κ3) is 5.61. The number of anilines is 1. The van der Waals surface area contributed by atoms with Crippen molar-refractivity contribution in [2.45, 2.75) is 18.4 Å². The van der Waals surface area contributed by atoms with E-state index in [0.29, 0.717) is 45.9 Å². The number of amides is 2. The lowest BCUT2D eigenvalue weighted by atomic mass is 9.94. The van der Waals surface area contributed by atoms with Gasteiger partial charge in [0.05, 0.1) is 22.8 Å². The number of nitrogens with zero attached hydrogens (tertiary/aromatic N) is 6. The molecule has 0 bridgehead atoms. The maximum absolute atomic E-state index is 12.7. The fourth-order valence-electron chi connectivity index (χ4n) is 4.31. The number of piperidine rings is 1. The molecule has 0 aliphatic carbocycles. The minimum Gasteiger partial charge on any atom is -0.349 e. The van der Waals surface area contributed by atoms with Gasteiger partial charge in [0.2, 0.25) is 17.6 Å². The Bertz CT molecular complexity index is 1470. The zero-order valence-electron chi connectivity index (χ0n) is 20.4. The highest BCUT2D eigenvalue weighted by molar-refractivity contribution is 6.32. The minimum atomic E-state index is -0.427. The summed E-state index contributed by atoms with van der Waals surface area (Å²) in [6, 6.07) is 8.37. The van der Waals surface area contributed by atoms with E-state index in [2.05, 4.69) is 52.4 Å². The van der Waals surface area contributed by atoms with Crippen molar-refractivity contribution in [2.75, 3.05) is 25.5 Å². The number of aromatic nitrogens is 6. The second-order valence-electron chi connectivity index (χ2n) is 8.91. The molecule has 2 atom stereocenters. The molecule has 1 aliphatic rings. The highest BCUT2D eigenvalue weighted by Gasteiger charge is 2.31. The Hall–Kier alpha value is -4.42. The van der Waals surface area contributed by atoms with Gasteiger partial charge in [-0.15, -0.1) is 0 Å². The zero-order chi connectivity index (χ0) is 26.6. The standard InChI is InChI=1S/C25H24ClN9O3/c1-3-21(36)29-16-9-15(12-35(2)13-16)25-32-23(34-38-25)14-7-8-20(27-10-14)31-24(37)19-6-4-5-18(30-19)22-17(26)11-28-33-22/h3-8,10-11,15-16H,1,9,12-13H2,2H3,(H,28,33)(H,29,36)(H,27,31,37)/t15-,16+/m1/s1. The molecule has 0 unspecified atom stereocenters. The van der Waals surface area contributed by atoms with Crippen LogP contribution in [-0.2, 0) is 4.79 Å². The van der Waals surface area contributed by atoms with E-state index >= 15 is 0 Å². The Labute approximate surface area is 222 Å². The molecule has 1 saturated heterocycles. The van der Waals surface area contributed by atoms with Gasteiger partial charge in [0.25, 0.3) is 5.91 Å². The highest BCUT2D eigenvalue weighted by Crippen LogP contribution is 2.28. The smallest absolute Gasteiger partial charge is 0.275 e. The second kappa shape index (κ2) is 10.9. The monoisotopic (exact) mass is 533 g/mol. The number of carbonyl (C=O) groups is 2. The molecule has 4 aromatic rings. The summed E-state index contributed by atoms with van der Waals surface area (Å²) in [6.07, 6.45) is 4.96. The number of rotatable bonds is 7. The van der Waals surface area contributed by atoms with Gasteiger partial charge in [0.15, 0.2) is 0 Å². The number of H-pyrrole nitrogens is 1. The van der Waals surface area contributed by atoms with Gasteiger partial charge in [-0.2, -0.15) is 10.1 Å². The van der Waals surface area contributed by atoms with E-state index in [0.717, 1.165) is 13.1 Å². The first-order chi connectivity index (χ1) is 18.4. The number of hydrogen-bond donors (Lipinski definition) is 3. The first-order valence-corrected chi connectivity index (χ1v) is 12.2. The molecule has 0 saturated carbocycles. The van der Waals surface area contributed by atoms with Crippen molar-refractivity contribution in [2.24, 2.45) is 0 Å². The van der Waals surface area contributed by atoms with E-state index in [1.54, 1.807) is 36.5 Å². The topological polar surface area (TPSA) is 155 Å². The van der Waals surface area contributed by atoms with E-state index in [9.17, 15) is 9.59 Å². The number of nitrogens with one attached hydrogen (secondary N) is 3. The van der Waals surface area contributed by atoms with Gasteiger partial charge in [0.1, 0.15) is 17.2 Å². The van der Waals surface area contributed by atoms with Crippen LogP contribution >= 0.6 is 11.6 Å². The highest BCUT2D eigenvalue weighted by atomic mass is 35.5. The van der Waals surface area contributed by atoms with E-state index in [4.69, 9.17) is 16.1 Å². The Balaban J connectivity index is 1.24. The van der Waals surface area contributed by atoms with Crippen LogP contribution in [0.3, 0.4) is 0 Å². The molecule has 4 aromatic heterocycles. The minimum absolute atomic E-state index is 0.0310. The number of pyridine rings is 2. The van der Waals surface area contributed by atoms with Gasteiger partial charge in [-0.25, -0.2) is 9.97 Å². The molecule has 13 heteroatoms. The van der Waals surface area contributed by atoms with Crippen molar-refractivity contribution in [3.8, 4) is 22.8 Å². The predicted octanol–water partition coefficient (Wildman–Crippen LogP) is 2.91. The summed E-state index contributed by atoms with van der Waals surface area (Å²) in [7, 11) is 1.98. The van der Waals surface area contributed by atoms with Crippen LogP contribution in [0.4, 0.5) is 5.82 Å². The molecule has 0 aromatic carbocycles. The number of likely N-dealkylation sites (tertiary alicyclic amines) is 1. The summed E-state index contributed by atoms with van der Waals surface area (Å²) >= 11 is 6.10. The molecule has 1 fully saturated rings. The lowest BCUT2D eigenvalue weighted by Crippen LogP contribution is -2.48. The van der Waals surface area contributed by atoms with Crippen molar-refractivity contribution >= 4 is 29.2 Å². The van der Waals surface area contributed by atoms with Gasteiger partial charge in [-0.1, -0.05) is 29.4 Å². The Kier molecular flexibility index (Phi) is 7.24. The third-order valence-corrected chi connectivity index (χ3v) is 6.34. The predicted molar refractivity (Wildman–Crippen MR) is 139 cm³/mol. The summed E-state index contributed by atoms with van der Waals surface area (Å²) in [5.74, 6) is 0.546. The van der Waals surface area contributed by atoms with Gasteiger partial charge >= 0.3 is 0 Å². The number of hydrogen-bond acceptors (Lipinski definition) is 9. The first kappa shape index (κ1) is 25.2. The molecule has 5 rings (SSSR count). The molecule has 5 heterocycles. The van der Waals surface area contributed by atoms with Crippen LogP contribution in [0.2, 0.25) is 5.02 Å². The number of halogens is 1. The molecule has 2 amide bonds. The molecular weight excluding hydrogens is 510 g/mol. The Morgan fingerprint density at radius 3 is 2.82 bits per heavy atom. The van der Waals surface area contributed by atoms with Crippen LogP contribution in [0.15, 0.2) is 59.9 Å². The lowest BCUT2D eigenvalue weighted by Gasteiger charge is -2.34. The van der Waals surface area contributed by atoms with Crippen molar-refractivity contribution in [1.29, 1.82) is 0 Å². The quantitative estimate of drug-likeness (QED) is 0.304. The van der Waals surface area contributed by atoms with Gasteiger partial charge in [-0.05, 0) is 43.8 Å². The van der Waals surface area contributed by atoms with Crippen LogP contribution in [0.1, 0.15) is 28.7 Å². The lowest BCUT2D eigenvalue weighted by molar-refractivity contribution is -0.117. The number of likely N-dealkylation sites (N-methyl/N-ethyl adjacent to an activating group) is 1. The van der Waals surface area contributed by atoms with Crippen LogP contribution in [0.5, 0.6) is 0 Å². The van der Waals surface area contributed by atoms with E-state index < -0.39 is 5.91 Å². The SMILES string of the molecule is C=CC(=O)N[C@H]1C[C@@H](c2nc(-c3ccc(NC(=O)c4cccc(-c5[nH]ncc5Cl)n4)nc3)no2)CN(C)C1. The van der Waals surface area contributed by atoms with Crippen molar-refractivity contribution < 1.29 is 14.1 Å². The fourth-order valence-corrected chi connectivity index (χ4v) is 4.50. The van der Waals surface area contributed by atoms with E-state index in [1.807, 2.05) is 7.05 Å². The van der Waals surface area contributed by atoms with E-state index in [-0.39, 0.29) is 23.6 Å². The summed E-state index contributed by atoms with van der Waals surface area (Å²) in [4.78, 5) is 39.8. The number of aromatic amines is 1. The first-order valence-electron chi connectivity index (χ1n) is 11.8. The summed E-state index contributed by atoms with van der Waals surface area (Å²) < 4.78 is 5.55. The van der Waals surface area contributed by atoms with Crippen LogP contribution in [0.25, 0.3) is 22.8 Å². The Morgan fingerprint density at radius 2 is 2.08 bits per heavy atom. The Morgan fingerprint density at radius 1 is 1.21 bits per heavy atom. The molecule has 38 heavy (non-hydrogen) atoms. The third-order valence-electron chi connectivity index (χ3n) is 6.05. The van der Waals surface area contributed by atoms with Gasteiger partial charge in [-0.3, -0.25) is 14.7 Å². The fraction of sp³-hybridized carbons (Fsp3) is 0.240. The molecule has 0 spiro atoms. The van der Waals surface area contributed by atoms with Gasteiger partial charge < -0.3 is 20.1 Å².